The van der Waals surface area contributed by atoms with E-state index in [1.807, 2.05) is 6.92 Å². The Bertz CT molecular complexity index is 1840. The molecule has 2 aliphatic heterocycles. The van der Waals surface area contributed by atoms with Crippen LogP contribution in [-0.4, -0.2) is 62.1 Å². The van der Waals surface area contributed by atoms with Crippen molar-refractivity contribution >= 4 is 40.3 Å². The maximum atomic E-state index is 15.1. The van der Waals surface area contributed by atoms with Crippen LogP contribution >= 0.6 is 11.6 Å². The SMILES string of the molecule is CCCCCC(=O)N(CCO)CC(=O)NC1CCc2c(Cl)c(F)cc3nc4c(c1c23)Cn1c-4cc2c(c1=O)COC(=O)[C@]2(O)CC. The zero-order chi connectivity index (χ0) is 32.9. The van der Waals surface area contributed by atoms with Crippen LogP contribution in [-0.2, 0) is 44.3 Å². The number of amides is 2. The van der Waals surface area contributed by atoms with E-state index in [9.17, 15) is 29.4 Å². The topological polar surface area (TPSA) is 151 Å². The molecule has 3 aliphatic rings. The molecule has 3 aromatic rings. The summed E-state index contributed by atoms with van der Waals surface area (Å²) < 4.78 is 21.7. The van der Waals surface area contributed by atoms with Crippen molar-refractivity contribution < 1.29 is 33.7 Å². The summed E-state index contributed by atoms with van der Waals surface area (Å²) in [5, 5.41) is 24.4. The van der Waals surface area contributed by atoms with Crippen LogP contribution < -0.4 is 10.9 Å². The molecule has 13 heteroatoms. The molecule has 46 heavy (non-hydrogen) atoms. The number of hydrogen-bond acceptors (Lipinski definition) is 8. The number of hydrogen-bond donors (Lipinski definition) is 3. The molecule has 0 saturated carbocycles. The number of aliphatic hydroxyl groups is 2. The predicted octanol–water partition coefficient (Wildman–Crippen LogP) is 3.38. The van der Waals surface area contributed by atoms with E-state index in [1.165, 1.54) is 15.5 Å². The van der Waals surface area contributed by atoms with Gasteiger partial charge < -0.3 is 29.7 Å². The fraction of sp³-hybridized carbons (Fsp3) is 0.485. The Morgan fingerprint density at radius 2 is 2.00 bits per heavy atom. The largest absolute Gasteiger partial charge is 0.458 e. The number of esters is 1. The number of nitrogens with zero attached hydrogens (tertiary/aromatic N) is 3. The van der Waals surface area contributed by atoms with Crippen molar-refractivity contribution in [3.05, 3.63) is 61.1 Å². The molecule has 0 fully saturated rings. The molecule has 3 N–H and O–H groups in total. The molecule has 0 radical (unpaired) electrons. The average molecular weight is 655 g/mol. The fourth-order valence-electron chi connectivity index (χ4n) is 7.01. The summed E-state index contributed by atoms with van der Waals surface area (Å²) in [6.45, 7) is 2.95. The number of carbonyl (C=O) groups excluding carboxylic acids is 3. The number of ether oxygens (including phenoxy) is 1. The maximum Gasteiger partial charge on any atom is 0.343 e. The van der Waals surface area contributed by atoms with E-state index >= 15 is 4.39 Å². The lowest BCUT2D eigenvalue weighted by Gasteiger charge is -2.31. The Morgan fingerprint density at radius 1 is 1.22 bits per heavy atom. The molecule has 4 heterocycles. The maximum absolute atomic E-state index is 15.1. The lowest BCUT2D eigenvalue weighted by molar-refractivity contribution is -0.172. The van der Waals surface area contributed by atoms with Crippen molar-refractivity contribution in [3.63, 3.8) is 0 Å². The van der Waals surface area contributed by atoms with Crippen LogP contribution in [0, 0.1) is 5.82 Å². The number of fused-ring (bicyclic) bond motifs is 5. The fourth-order valence-corrected chi connectivity index (χ4v) is 7.25. The minimum absolute atomic E-state index is 0.0133. The van der Waals surface area contributed by atoms with Crippen molar-refractivity contribution in [1.29, 1.82) is 0 Å². The first kappa shape index (κ1) is 32.1. The van der Waals surface area contributed by atoms with Gasteiger partial charge in [-0.2, -0.15) is 0 Å². The van der Waals surface area contributed by atoms with Crippen LogP contribution in [0.5, 0.6) is 0 Å². The summed E-state index contributed by atoms with van der Waals surface area (Å²) >= 11 is 6.45. The number of unbranched alkanes of at least 4 members (excludes halogenated alkanes) is 2. The number of nitrogens with one attached hydrogen (secondary N) is 1. The van der Waals surface area contributed by atoms with Gasteiger partial charge in [0.15, 0.2) is 5.60 Å². The van der Waals surface area contributed by atoms with Crippen molar-refractivity contribution in [3.8, 4) is 11.4 Å². The molecular formula is C33H36ClFN4O7. The van der Waals surface area contributed by atoms with E-state index in [4.69, 9.17) is 21.3 Å². The minimum Gasteiger partial charge on any atom is -0.458 e. The average Bonchev–Trinajstić information content (AvgIpc) is 3.40. The zero-order valence-corrected chi connectivity index (χ0v) is 26.5. The lowest BCUT2D eigenvalue weighted by Crippen LogP contribution is -2.44. The molecular weight excluding hydrogens is 619 g/mol. The van der Waals surface area contributed by atoms with E-state index in [0.29, 0.717) is 58.2 Å². The highest BCUT2D eigenvalue weighted by Crippen LogP contribution is 2.46. The third-order valence-electron chi connectivity index (χ3n) is 9.43. The van der Waals surface area contributed by atoms with Crippen LogP contribution in [0.1, 0.15) is 86.2 Å². The second kappa shape index (κ2) is 12.4. The van der Waals surface area contributed by atoms with Gasteiger partial charge in [0.25, 0.3) is 5.56 Å². The highest BCUT2D eigenvalue weighted by molar-refractivity contribution is 6.32. The van der Waals surface area contributed by atoms with Crippen LogP contribution in [0.25, 0.3) is 22.3 Å². The Kier molecular flexibility index (Phi) is 8.64. The predicted molar refractivity (Wildman–Crippen MR) is 167 cm³/mol. The first-order valence-electron chi connectivity index (χ1n) is 15.7. The normalized spacial score (nSPS) is 19.3. The summed E-state index contributed by atoms with van der Waals surface area (Å²) in [5.74, 6) is -2.12. The lowest BCUT2D eigenvalue weighted by atomic mass is 9.83. The molecule has 6 rings (SSSR count). The molecule has 1 aromatic carbocycles. The molecule has 0 spiro atoms. The van der Waals surface area contributed by atoms with Crippen molar-refractivity contribution in [2.75, 3.05) is 19.7 Å². The smallest absolute Gasteiger partial charge is 0.343 e. The second-order valence-electron chi connectivity index (χ2n) is 12.2. The van der Waals surface area contributed by atoms with Crippen molar-refractivity contribution in [2.45, 2.75) is 83.6 Å². The third-order valence-corrected chi connectivity index (χ3v) is 9.84. The van der Waals surface area contributed by atoms with E-state index in [0.717, 1.165) is 12.8 Å². The monoisotopic (exact) mass is 654 g/mol. The third kappa shape index (κ3) is 5.16. The first-order chi connectivity index (χ1) is 22.0. The van der Waals surface area contributed by atoms with Gasteiger partial charge in [0.1, 0.15) is 12.4 Å². The molecule has 11 nitrogen and oxygen atoms in total. The Hall–Kier alpha value is -3.87. The Balaban J connectivity index is 1.43. The summed E-state index contributed by atoms with van der Waals surface area (Å²) in [5.41, 5.74) is 0.756. The molecule has 244 valence electrons. The van der Waals surface area contributed by atoms with Gasteiger partial charge in [-0.15, -0.1) is 0 Å². The van der Waals surface area contributed by atoms with Crippen molar-refractivity contribution in [1.82, 2.24) is 19.8 Å². The summed E-state index contributed by atoms with van der Waals surface area (Å²) in [6, 6.07) is 2.23. The van der Waals surface area contributed by atoms with E-state index in [2.05, 4.69) is 5.32 Å². The molecule has 1 aliphatic carbocycles. The highest BCUT2D eigenvalue weighted by atomic mass is 35.5. The molecule has 0 saturated heterocycles. The van der Waals surface area contributed by atoms with Gasteiger partial charge in [-0.1, -0.05) is 38.3 Å². The molecule has 0 bridgehead atoms. The zero-order valence-electron chi connectivity index (χ0n) is 25.8. The Morgan fingerprint density at radius 3 is 2.72 bits per heavy atom. The molecule has 2 aromatic heterocycles. The number of carbonyl (C=O) groups is 3. The number of halogens is 2. The van der Waals surface area contributed by atoms with E-state index < -0.39 is 34.9 Å². The summed E-state index contributed by atoms with van der Waals surface area (Å²) in [4.78, 5) is 58.8. The highest BCUT2D eigenvalue weighted by Gasteiger charge is 2.46. The van der Waals surface area contributed by atoms with Gasteiger partial charge in [0.2, 0.25) is 11.8 Å². The van der Waals surface area contributed by atoms with Crippen LogP contribution in [0.15, 0.2) is 16.9 Å². The van der Waals surface area contributed by atoms with Crippen LogP contribution in [0.2, 0.25) is 5.02 Å². The standard InChI is InChI=1S/C33H36ClFN4O7/c1-3-5-6-7-26(42)38(10-11-40)15-25(41)36-22-9-8-17-27-23(13-21(35)29(17)34)37-30-18(28(22)27)14-39-24(30)12-20-19(31(39)43)16-46-32(44)33(20,45)4-2/h12-13,22,40,45H,3-11,14-16H2,1-2H3,(H,36,41)/t22?,33-/m0/s1. The van der Waals surface area contributed by atoms with Crippen LogP contribution in [0.4, 0.5) is 4.39 Å². The van der Waals surface area contributed by atoms with E-state index in [-0.39, 0.29) is 67.7 Å². The van der Waals surface area contributed by atoms with Gasteiger partial charge in [0, 0.05) is 35.5 Å². The first-order valence-corrected chi connectivity index (χ1v) is 16.1. The minimum atomic E-state index is -2.01. The second-order valence-corrected chi connectivity index (χ2v) is 12.5. The summed E-state index contributed by atoms with van der Waals surface area (Å²) in [6.07, 6.45) is 3.51. The number of aryl methyl sites for hydroxylation is 1. The van der Waals surface area contributed by atoms with Gasteiger partial charge in [0.05, 0.1) is 53.2 Å². The molecule has 2 atom stereocenters. The van der Waals surface area contributed by atoms with Gasteiger partial charge >= 0.3 is 5.97 Å². The molecule has 1 unspecified atom stereocenters. The quantitative estimate of drug-likeness (QED) is 0.174. The van der Waals surface area contributed by atoms with Crippen molar-refractivity contribution in [2.24, 2.45) is 0 Å². The number of cyclic esters (lactones) is 1. The number of aromatic nitrogens is 2. The van der Waals surface area contributed by atoms with Gasteiger partial charge in [-0.05, 0) is 42.9 Å². The van der Waals surface area contributed by atoms with Gasteiger partial charge in [-0.3, -0.25) is 14.4 Å². The summed E-state index contributed by atoms with van der Waals surface area (Å²) in [7, 11) is 0. The number of aliphatic hydroxyl groups excluding tert-OH is 1. The molecule has 2 amide bonds. The van der Waals surface area contributed by atoms with E-state index in [1.54, 1.807) is 13.0 Å². The Labute approximate surface area is 269 Å². The van der Waals surface area contributed by atoms with Crippen LogP contribution in [0.3, 0.4) is 0 Å². The number of benzene rings is 1. The van der Waals surface area contributed by atoms with Gasteiger partial charge in [-0.25, -0.2) is 14.2 Å². The number of pyridine rings is 2. The number of rotatable bonds is 10.